The molecule has 0 unspecified atom stereocenters. The minimum absolute atomic E-state index is 0.195. The third kappa shape index (κ3) is 2.64. The number of hydrogen-bond donors (Lipinski definition) is 0. The summed E-state index contributed by atoms with van der Waals surface area (Å²) in [4.78, 5) is 0. The van der Waals surface area contributed by atoms with E-state index in [1.165, 1.54) is 0 Å². The lowest BCUT2D eigenvalue weighted by Gasteiger charge is -2.45. The van der Waals surface area contributed by atoms with E-state index in [1.807, 2.05) is 52.3 Å². The number of aromatic nitrogens is 2. The van der Waals surface area contributed by atoms with Gasteiger partial charge in [0.15, 0.2) is 0 Å². The Morgan fingerprint density at radius 1 is 0.947 bits per heavy atom. The second-order valence-corrected chi connectivity index (χ2v) is 13.3. The quantitative estimate of drug-likeness (QED) is 0.553. The molecule has 0 spiro atoms. The monoisotopic (exact) mass is 284 g/mol. The molecule has 4 heteroatoms. The Hall–Kier alpha value is -0.643. The highest BCUT2D eigenvalue weighted by atomic mass is 28.4. The second-order valence-electron chi connectivity index (χ2n) is 8.46. The van der Waals surface area contributed by atoms with Gasteiger partial charge in [-0.25, -0.2) is 0 Å². The van der Waals surface area contributed by atoms with E-state index in [4.69, 9.17) is 0 Å². The maximum Gasteiger partial charge on any atom is 0.305 e. The van der Waals surface area contributed by atoms with Gasteiger partial charge < -0.3 is 4.11 Å². The molecule has 0 aromatic carbocycles. The maximum absolute atomic E-state index is 16.2. The van der Waals surface area contributed by atoms with Gasteiger partial charge in [0.25, 0.3) is 0 Å². The van der Waals surface area contributed by atoms with Gasteiger partial charge in [0.05, 0.1) is 10.9 Å². The Morgan fingerprint density at radius 2 is 1.37 bits per heavy atom. The van der Waals surface area contributed by atoms with E-state index in [0.717, 1.165) is 5.32 Å². The first kappa shape index (κ1) is 16.4. The first-order chi connectivity index (χ1) is 8.23. The summed E-state index contributed by atoms with van der Waals surface area (Å²) in [7, 11) is -3.23. The van der Waals surface area contributed by atoms with Crippen LogP contribution >= 0.6 is 0 Å². The molecular formula is C15H29FN2Si. The highest BCUT2D eigenvalue weighted by Crippen LogP contribution is 2.51. The van der Waals surface area contributed by atoms with Crippen molar-refractivity contribution in [3.63, 3.8) is 0 Å². The highest BCUT2D eigenvalue weighted by Gasteiger charge is 2.59. The van der Waals surface area contributed by atoms with Crippen molar-refractivity contribution in [1.29, 1.82) is 0 Å². The summed E-state index contributed by atoms with van der Waals surface area (Å²) < 4.78 is 18.1. The van der Waals surface area contributed by atoms with Crippen LogP contribution in [0.1, 0.15) is 62.3 Å². The molecule has 19 heavy (non-hydrogen) atoms. The normalized spacial score (nSPS) is 14.8. The molecule has 1 aromatic rings. The summed E-state index contributed by atoms with van der Waals surface area (Å²) in [5.41, 5.74) is -0.195. The maximum atomic E-state index is 16.2. The molecule has 0 radical (unpaired) electrons. The zero-order valence-electron chi connectivity index (χ0n) is 13.9. The summed E-state index contributed by atoms with van der Waals surface area (Å²) in [6.45, 7) is 18.3. The van der Waals surface area contributed by atoms with E-state index >= 15 is 4.11 Å². The van der Waals surface area contributed by atoms with Gasteiger partial charge in [-0.15, -0.1) is 0 Å². The average Bonchev–Trinajstić information content (AvgIpc) is 2.59. The van der Waals surface area contributed by atoms with E-state index in [2.05, 4.69) is 25.9 Å². The van der Waals surface area contributed by atoms with Crippen LogP contribution in [0.3, 0.4) is 0 Å². The molecule has 0 saturated heterocycles. The fourth-order valence-corrected chi connectivity index (χ4v) is 7.77. The Morgan fingerprint density at radius 3 is 1.68 bits per heavy atom. The van der Waals surface area contributed by atoms with Gasteiger partial charge in [-0.05, 0) is 36.9 Å². The summed E-state index contributed by atoms with van der Waals surface area (Å²) in [6.07, 6.45) is 1.74. The first-order valence-corrected chi connectivity index (χ1v) is 8.84. The van der Waals surface area contributed by atoms with Crippen LogP contribution < -0.4 is 5.32 Å². The van der Waals surface area contributed by atoms with Crippen molar-refractivity contribution < 1.29 is 4.11 Å². The lowest BCUT2D eigenvalue weighted by atomic mass is 10.1. The molecular weight excluding hydrogens is 255 g/mol. The lowest BCUT2D eigenvalue weighted by Crippen LogP contribution is -2.61. The SMILES string of the molecule is CC(C)(C)n1nccc1[Si](F)(C(C)(C)C)C(C)(C)C. The Balaban J connectivity index is 3.59. The van der Waals surface area contributed by atoms with Gasteiger partial charge in [0, 0.05) is 6.20 Å². The molecule has 0 atom stereocenters. The summed E-state index contributed by atoms with van der Waals surface area (Å²) in [5.74, 6) is 0. The van der Waals surface area contributed by atoms with Crippen LogP contribution in [-0.4, -0.2) is 18.2 Å². The van der Waals surface area contributed by atoms with Gasteiger partial charge in [-0.2, -0.15) is 5.10 Å². The van der Waals surface area contributed by atoms with Crippen molar-refractivity contribution in [2.45, 2.75) is 77.9 Å². The average molecular weight is 284 g/mol. The molecule has 0 aliphatic heterocycles. The standard InChI is InChI=1S/C15H29FN2Si/c1-13(2,3)18-12(10-11-17-18)19(16,14(4,5)6)15(7,8)9/h10-11H,1-9H3. The van der Waals surface area contributed by atoms with Crippen LogP contribution in [0.4, 0.5) is 4.11 Å². The van der Waals surface area contributed by atoms with Crippen LogP contribution in [0, 0.1) is 0 Å². The number of rotatable bonds is 1. The van der Waals surface area contributed by atoms with Crippen LogP contribution in [0.2, 0.25) is 10.1 Å². The van der Waals surface area contributed by atoms with Crippen molar-refractivity contribution in [1.82, 2.24) is 9.78 Å². The van der Waals surface area contributed by atoms with Gasteiger partial charge in [0.2, 0.25) is 0 Å². The van der Waals surface area contributed by atoms with E-state index < -0.39 is 8.41 Å². The predicted octanol–water partition coefficient (Wildman–Crippen LogP) is 4.36. The zero-order chi connectivity index (χ0) is 15.3. The zero-order valence-corrected chi connectivity index (χ0v) is 14.9. The predicted molar refractivity (Wildman–Crippen MR) is 83.1 cm³/mol. The first-order valence-electron chi connectivity index (χ1n) is 6.97. The molecule has 0 bridgehead atoms. The number of nitrogens with zero attached hydrogens (tertiary/aromatic N) is 2. The van der Waals surface area contributed by atoms with E-state index in [9.17, 15) is 0 Å². The third-order valence-corrected chi connectivity index (χ3v) is 8.92. The number of hydrogen-bond acceptors (Lipinski definition) is 1. The van der Waals surface area contributed by atoms with E-state index in [0.29, 0.717) is 0 Å². The van der Waals surface area contributed by atoms with Crippen molar-refractivity contribution in [2.24, 2.45) is 0 Å². The molecule has 0 aliphatic carbocycles. The molecule has 1 heterocycles. The largest absolute Gasteiger partial charge is 0.305 e. The van der Waals surface area contributed by atoms with Crippen LogP contribution in [0.25, 0.3) is 0 Å². The molecule has 0 saturated carbocycles. The van der Waals surface area contributed by atoms with Crippen molar-refractivity contribution in [3.05, 3.63) is 12.3 Å². The Bertz CT molecular complexity index is 430. The van der Waals surface area contributed by atoms with Crippen LogP contribution in [0.15, 0.2) is 12.3 Å². The molecule has 0 N–H and O–H groups in total. The van der Waals surface area contributed by atoms with Crippen molar-refractivity contribution >= 4 is 13.7 Å². The van der Waals surface area contributed by atoms with Crippen LogP contribution in [0.5, 0.6) is 0 Å². The Kier molecular flexibility index (Phi) is 3.83. The lowest BCUT2D eigenvalue weighted by molar-refractivity contribution is 0.359. The smallest absolute Gasteiger partial charge is 0.305 e. The summed E-state index contributed by atoms with van der Waals surface area (Å²) in [5, 5.41) is 4.46. The van der Waals surface area contributed by atoms with Gasteiger partial charge in [0.1, 0.15) is 0 Å². The summed E-state index contributed by atoms with van der Waals surface area (Å²) in [6, 6.07) is 1.88. The fourth-order valence-electron chi connectivity index (χ4n) is 2.99. The Labute approximate surface area is 118 Å². The van der Waals surface area contributed by atoms with Crippen molar-refractivity contribution in [2.75, 3.05) is 0 Å². The van der Waals surface area contributed by atoms with Crippen molar-refractivity contribution in [3.8, 4) is 0 Å². The molecule has 2 nitrogen and oxygen atoms in total. The summed E-state index contributed by atoms with van der Waals surface area (Å²) >= 11 is 0. The minimum Gasteiger partial charge on any atom is -0.305 e. The molecule has 0 amide bonds. The third-order valence-electron chi connectivity index (χ3n) is 3.70. The minimum atomic E-state index is -3.23. The molecule has 1 aromatic heterocycles. The molecule has 1 rings (SSSR count). The number of halogens is 1. The molecule has 0 aliphatic rings. The van der Waals surface area contributed by atoms with Gasteiger partial charge in [-0.1, -0.05) is 41.5 Å². The fraction of sp³-hybridized carbons (Fsp3) is 0.800. The second kappa shape index (κ2) is 4.44. The van der Waals surface area contributed by atoms with Gasteiger partial charge in [-0.3, -0.25) is 4.68 Å². The van der Waals surface area contributed by atoms with Gasteiger partial charge >= 0.3 is 8.41 Å². The topological polar surface area (TPSA) is 17.8 Å². The molecule has 110 valence electrons. The van der Waals surface area contributed by atoms with Crippen LogP contribution in [-0.2, 0) is 5.54 Å². The van der Waals surface area contributed by atoms with E-state index in [-0.39, 0.29) is 15.6 Å². The highest BCUT2D eigenvalue weighted by molar-refractivity contribution is 6.90. The van der Waals surface area contributed by atoms with E-state index in [1.54, 1.807) is 6.20 Å². The molecule has 0 fully saturated rings.